The fraction of sp³-hybridized carbons (Fsp3) is 0.900. The van der Waals surface area contributed by atoms with Gasteiger partial charge in [-0.15, -0.1) is 0 Å². The molecular formula is C10H22N2S. The summed E-state index contributed by atoms with van der Waals surface area (Å²) in [4.78, 5) is 3.36. The summed E-state index contributed by atoms with van der Waals surface area (Å²) in [6.07, 6.45) is 0. The third kappa shape index (κ3) is 5.99. The van der Waals surface area contributed by atoms with Gasteiger partial charge in [-0.2, -0.15) is 0 Å². The molecule has 0 aromatic carbocycles. The van der Waals surface area contributed by atoms with Crippen LogP contribution in [-0.4, -0.2) is 36.1 Å². The molecule has 0 aliphatic heterocycles. The Labute approximate surface area is 87.7 Å². The number of hydrogen-bond acceptors (Lipinski definition) is 2. The Morgan fingerprint density at radius 1 is 1.31 bits per heavy atom. The van der Waals surface area contributed by atoms with Crippen molar-refractivity contribution in [3.05, 3.63) is 0 Å². The molecule has 0 aromatic heterocycles. The predicted molar refractivity (Wildman–Crippen MR) is 63.2 cm³/mol. The molecule has 13 heavy (non-hydrogen) atoms. The maximum absolute atomic E-state index is 5.17. The zero-order chi connectivity index (χ0) is 10.3. The fourth-order valence-corrected chi connectivity index (χ4v) is 1.18. The molecule has 0 rings (SSSR count). The van der Waals surface area contributed by atoms with Gasteiger partial charge in [-0.05, 0) is 13.1 Å². The molecule has 0 amide bonds. The number of nitrogens with one attached hydrogen (secondary N) is 1. The number of nitrogens with zero attached hydrogens (tertiary/aromatic N) is 1. The highest BCUT2D eigenvalue weighted by Gasteiger charge is 2.02. The Hall–Kier alpha value is -0.150. The SMILES string of the molecule is CCN(CC)CCNC(=S)C(C)C. The van der Waals surface area contributed by atoms with E-state index in [-0.39, 0.29) is 0 Å². The van der Waals surface area contributed by atoms with Gasteiger partial charge in [0, 0.05) is 19.0 Å². The summed E-state index contributed by atoms with van der Waals surface area (Å²) in [6, 6.07) is 0. The van der Waals surface area contributed by atoms with E-state index in [9.17, 15) is 0 Å². The van der Waals surface area contributed by atoms with Crippen molar-refractivity contribution in [2.75, 3.05) is 26.2 Å². The van der Waals surface area contributed by atoms with Crippen molar-refractivity contribution in [2.24, 2.45) is 5.92 Å². The summed E-state index contributed by atoms with van der Waals surface area (Å²) in [5.41, 5.74) is 0. The van der Waals surface area contributed by atoms with Gasteiger partial charge < -0.3 is 10.2 Å². The molecule has 3 heteroatoms. The maximum atomic E-state index is 5.17. The monoisotopic (exact) mass is 202 g/mol. The van der Waals surface area contributed by atoms with Crippen LogP contribution in [0.25, 0.3) is 0 Å². The number of thiocarbonyl (C=S) groups is 1. The molecule has 0 saturated heterocycles. The molecule has 0 saturated carbocycles. The van der Waals surface area contributed by atoms with Crippen LogP contribution in [-0.2, 0) is 0 Å². The minimum Gasteiger partial charge on any atom is -0.378 e. The van der Waals surface area contributed by atoms with Gasteiger partial charge in [-0.25, -0.2) is 0 Å². The van der Waals surface area contributed by atoms with Crippen LogP contribution in [0.2, 0.25) is 0 Å². The lowest BCUT2D eigenvalue weighted by Crippen LogP contribution is -2.35. The first-order valence-corrected chi connectivity index (χ1v) is 5.52. The van der Waals surface area contributed by atoms with Crippen molar-refractivity contribution in [2.45, 2.75) is 27.7 Å². The van der Waals surface area contributed by atoms with Crippen molar-refractivity contribution in [3.63, 3.8) is 0 Å². The zero-order valence-electron chi connectivity index (χ0n) is 9.26. The van der Waals surface area contributed by atoms with Crippen LogP contribution in [0.1, 0.15) is 27.7 Å². The maximum Gasteiger partial charge on any atom is 0.0779 e. The van der Waals surface area contributed by atoms with Crippen LogP contribution in [0.3, 0.4) is 0 Å². The summed E-state index contributed by atoms with van der Waals surface area (Å²) >= 11 is 5.17. The lowest BCUT2D eigenvalue weighted by atomic mass is 10.2. The molecule has 2 nitrogen and oxygen atoms in total. The van der Waals surface area contributed by atoms with Crippen LogP contribution in [0.4, 0.5) is 0 Å². The highest BCUT2D eigenvalue weighted by Crippen LogP contribution is 1.93. The highest BCUT2D eigenvalue weighted by molar-refractivity contribution is 7.80. The molecule has 0 radical (unpaired) electrons. The highest BCUT2D eigenvalue weighted by atomic mass is 32.1. The average Bonchev–Trinajstić information content (AvgIpc) is 2.12. The molecule has 0 atom stereocenters. The molecule has 1 N–H and O–H groups in total. The molecule has 0 aliphatic carbocycles. The molecule has 0 fully saturated rings. The Bertz CT molecular complexity index is 142. The van der Waals surface area contributed by atoms with Crippen molar-refractivity contribution >= 4 is 17.2 Å². The predicted octanol–water partition coefficient (Wildman–Crippen LogP) is 1.90. The second kappa shape index (κ2) is 7.27. The number of hydrogen-bond donors (Lipinski definition) is 1. The van der Waals surface area contributed by atoms with Gasteiger partial charge in [0.1, 0.15) is 0 Å². The first-order chi connectivity index (χ1) is 6.11. The molecule has 0 bridgehead atoms. The third-order valence-corrected chi connectivity index (χ3v) is 2.76. The normalized spacial score (nSPS) is 10.9. The summed E-state index contributed by atoms with van der Waals surface area (Å²) in [7, 11) is 0. The Kier molecular flexibility index (Phi) is 7.19. The van der Waals surface area contributed by atoms with E-state index in [1.165, 1.54) is 0 Å². The summed E-state index contributed by atoms with van der Waals surface area (Å²) in [5, 5.41) is 3.27. The molecule has 0 aromatic rings. The van der Waals surface area contributed by atoms with Gasteiger partial charge in [0.25, 0.3) is 0 Å². The second-order valence-electron chi connectivity index (χ2n) is 3.47. The Balaban J connectivity index is 3.49. The van der Waals surface area contributed by atoms with Crippen LogP contribution in [0, 0.1) is 5.92 Å². The third-order valence-electron chi connectivity index (χ3n) is 2.15. The largest absolute Gasteiger partial charge is 0.378 e. The smallest absolute Gasteiger partial charge is 0.0779 e. The van der Waals surface area contributed by atoms with Crippen LogP contribution in [0.15, 0.2) is 0 Å². The van der Waals surface area contributed by atoms with Gasteiger partial charge >= 0.3 is 0 Å². The molecular weight excluding hydrogens is 180 g/mol. The Morgan fingerprint density at radius 2 is 1.85 bits per heavy atom. The lowest BCUT2D eigenvalue weighted by Gasteiger charge is -2.19. The van der Waals surface area contributed by atoms with Gasteiger partial charge in [0.2, 0.25) is 0 Å². The summed E-state index contributed by atoms with van der Waals surface area (Å²) in [5.74, 6) is 0.465. The lowest BCUT2D eigenvalue weighted by molar-refractivity contribution is 0.308. The molecule has 78 valence electrons. The standard InChI is InChI=1S/C10H22N2S/c1-5-12(6-2)8-7-11-10(13)9(3)4/h9H,5-8H2,1-4H3,(H,11,13). The van der Waals surface area contributed by atoms with Gasteiger partial charge in [-0.1, -0.05) is 39.9 Å². The Morgan fingerprint density at radius 3 is 2.23 bits per heavy atom. The van der Waals surface area contributed by atoms with Crippen molar-refractivity contribution in [1.29, 1.82) is 0 Å². The van der Waals surface area contributed by atoms with E-state index in [0.717, 1.165) is 31.2 Å². The van der Waals surface area contributed by atoms with Crippen LogP contribution >= 0.6 is 12.2 Å². The first kappa shape index (κ1) is 12.8. The van der Waals surface area contributed by atoms with Crippen molar-refractivity contribution in [3.8, 4) is 0 Å². The molecule has 0 unspecified atom stereocenters. The van der Waals surface area contributed by atoms with Gasteiger partial charge in [0.15, 0.2) is 0 Å². The van der Waals surface area contributed by atoms with E-state index < -0.39 is 0 Å². The average molecular weight is 202 g/mol. The van der Waals surface area contributed by atoms with E-state index in [0.29, 0.717) is 5.92 Å². The van der Waals surface area contributed by atoms with Crippen molar-refractivity contribution < 1.29 is 0 Å². The number of likely N-dealkylation sites (N-methyl/N-ethyl adjacent to an activating group) is 1. The van der Waals surface area contributed by atoms with Gasteiger partial charge in [-0.3, -0.25) is 0 Å². The number of rotatable bonds is 6. The zero-order valence-corrected chi connectivity index (χ0v) is 10.1. The van der Waals surface area contributed by atoms with Crippen molar-refractivity contribution in [1.82, 2.24) is 10.2 Å². The van der Waals surface area contributed by atoms with E-state index >= 15 is 0 Å². The van der Waals surface area contributed by atoms with E-state index in [1.807, 2.05) is 0 Å². The van der Waals surface area contributed by atoms with Crippen LogP contribution < -0.4 is 5.32 Å². The molecule has 0 spiro atoms. The van der Waals surface area contributed by atoms with Gasteiger partial charge in [0.05, 0.1) is 4.99 Å². The quantitative estimate of drug-likeness (QED) is 0.662. The van der Waals surface area contributed by atoms with E-state index in [4.69, 9.17) is 12.2 Å². The second-order valence-corrected chi connectivity index (χ2v) is 3.91. The van der Waals surface area contributed by atoms with Crippen LogP contribution in [0.5, 0.6) is 0 Å². The summed E-state index contributed by atoms with van der Waals surface area (Å²) < 4.78 is 0. The minimum absolute atomic E-state index is 0.465. The minimum atomic E-state index is 0.465. The molecule has 0 aliphatic rings. The van der Waals surface area contributed by atoms with E-state index in [2.05, 4.69) is 37.9 Å². The fourth-order valence-electron chi connectivity index (χ4n) is 1.08. The first-order valence-electron chi connectivity index (χ1n) is 5.11. The molecule has 0 heterocycles. The van der Waals surface area contributed by atoms with E-state index in [1.54, 1.807) is 0 Å². The summed E-state index contributed by atoms with van der Waals surface area (Å²) in [6.45, 7) is 12.9. The topological polar surface area (TPSA) is 15.3 Å².